The van der Waals surface area contributed by atoms with Crippen molar-refractivity contribution in [3.63, 3.8) is 0 Å². The number of likely N-dealkylation sites (N-methyl/N-ethyl adjacent to an activating group) is 1. The van der Waals surface area contributed by atoms with E-state index in [1.807, 2.05) is 32.8 Å². The van der Waals surface area contributed by atoms with Crippen LogP contribution in [0.1, 0.15) is 24.2 Å². The van der Waals surface area contributed by atoms with E-state index in [1.165, 1.54) is 25.3 Å². The molecule has 0 radical (unpaired) electrons. The monoisotopic (exact) mass is 329 g/mol. The topological polar surface area (TPSA) is 102 Å². The number of methoxy groups -OCH3 is 1. The molecule has 0 atom stereocenters. The van der Waals surface area contributed by atoms with Gasteiger partial charge in [0.15, 0.2) is 0 Å². The van der Waals surface area contributed by atoms with Crippen LogP contribution in [0.2, 0.25) is 0 Å². The molecule has 0 aliphatic rings. The molecule has 0 spiro atoms. The van der Waals surface area contributed by atoms with Gasteiger partial charge in [-0.1, -0.05) is 0 Å². The average molecular weight is 329 g/mol. The lowest BCUT2D eigenvalue weighted by Gasteiger charge is -2.32. The third kappa shape index (κ3) is 4.19. The van der Waals surface area contributed by atoms with Crippen molar-refractivity contribution in [2.24, 2.45) is 5.73 Å². The second-order valence-electron chi connectivity index (χ2n) is 5.76. The Morgan fingerprint density at radius 3 is 2.41 bits per heavy atom. The molecule has 124 valence electrons. The Kier molecular flexibility index (Phi) is 5.55. The molecule has 0 saturated heterocycles. The average Bonchev–Trinajstić information content (AvgIpc) is 2.44. The van der Waals surface area contributed by atoms with Crippen LogP contribution in [0, 0.1) is 0 Å². The van der Waals surface area contributed by atoms with Gasteiger partial charge in [-0.05, 0) is 46.1 Å². The summed E-state index contributed by atoms with van der Waals surface area (Å²) in [6.45, 7) is 4.05. The Hall–Kier alpha value is -1.64. The number of sulfonamides is 1. The van der Waals surface area contributed by atoms with Gasteiger partial charge in [0.2, 0.25) is 10.0 Å². The van der Waals surface area contributed by atoms with Gasteiger partial charge in [0.05, 0.1) is 17.6 Å². The first kappa shape index (κ1) is 18.4. The maximum Gasteiger partial charge on any atom is 0.252 e. The van der Waals surface area contributed by atoms with Crippen LogP contribution in [-0.2, 0) is 10.0 Å². The number of nitrogens with one attached hydrogen (secondary N) is 1. The molecule has 3 N–H and O–H groups in total. The minimum Gasteiger partial charge on any atom is -0.496 e. The first-order valence-electron chi connectivity index (χ1n) is 6.66. The first-order valence-corrected chi connectivity index (χ1v) is 8.14. The first-order chi connectivity index (χ1) is 10.0. The van der Waals surface area contributed by atoms with E-state index in [1.54, 1.807) is 0 Å². The maximum atomic E-state index is 12.4. The SMILES string of the molecule is COc1ccc(S(=O)(=O)NCC(C)(C)N(C)C)cc1C(N)=O. The van der Waals surface area contributed by atoms with Crippen LogP contribution < -0.4 is 15.2 Å². The number of nitrogens with zero attached hydrogens (tertiary/aromatic N) is 1. The summed E-state index contributed by atoms with van der Waals surface area (Å²) in [5.74, 6) is -0.511. The molecular weight excluding hydrogens is 306 g/mol. The van der Waals surface area contributed by atoms with E-state index in [0.717, 1.165) is 0 Å². The number of nitrogens with two attached hydrogens (primary N) is 1. The zero-order valence-corrected chi connectivity index (χ0v) is 14.3. The van der Waals surface area contributed by atoms with Crippen molar-refractivity contribution < 1.29 is 17.9 Å². The lowest BCUT2D eigenvalue weighted by atomic mass is 10.1. The van der Waals surface area contributed by atoms with E-state index in [9.17, 15) is 13.2 Å². The van der Waals surface area contributed by atoms with Crippen molar-refractivity contribution in [3.8, 4) is 5.75 Å². The number of hydrogen-bond acceptors (Lipinski definition) is 5. The highest BCUT2D eigenvalue weighted by Gasteiger charge is 2.25. The number of hydrogen-bond donors (Lipinski definition) is 2. The fourth-order valence-electron chi connectivity index (χ4n) is 1.56. The Labute approximate surface area is 131 Å². The molecule has 7 nitrogen and oxygen atoms in total. The summed E-state index contributed by atoms with van der Waals surface area (Å²) >= 11 is 0. The van der Waals surface area contributed by atoms with Gasteiger partial charge >= 0.3 is 0 Å². The van der Waals surface area contributed by atoms with Gasteiger partial charge in [-0.25, -0.2) is 13.1 Å². The third-order valence-electron chi connectivity index (χ3n) is 3.65. The summed E-state index contributed by atoms with van der Waals surface area (Å²) in [7, 11) is 1.37. The lowest BCUT2D eigenvalue weighted by molar-refractivity contribution is 0.0997. The number of carbonyl (C=O) groups excluding carboxylic acids is 1. The van der Waals surface area contributed by atoms with E-state index in [0.29, 0.717) is 0 Å². The lowest BCUT2D eigenvalue weighted by Crippen LogP contribution is -2.48. The van der Waals surface area contributed by atoms with E-state index >= 15 is 0 Å². The standard InChI is InChI=1S/C14H23N3O4S/c1-14(2,17(3)4)9-16-22(19,20)10-6-7-12(21-5)11(8-10)13(15)18/h6-8,16H,9H2,1-5H3,(H2,15,18). The second-order valence-corrected chi connectivity index (χ2v) is 7.52. The van der Waals surface area contributed by atoms with Gasteiger partial charge in [-0.15, -0.1) is 0 Å². The van der Waals surface area contributed by atoms with Crippen molar-refractivity contribution in [1.82, 2.24) is 9.62 Å². The zero-order chi connectivity index (χ0) is 17.1. The number of amides is 1. The molecule has 0 unspecified atom stereocenters. The minimum atomic E-state index is -3.75. The molecule has 0 heterocycles. The van der Waals surface area contributed by atoms with Gasteiger partial charge in [0.1, 0.15) is 5.75 Å². The highest BCUT2D eigenvalue weighted by Crippen LogP contribution is 2.22. The summed E-state index contributed by atoms with van der Waals surface area (Å²) in [5.41, 5.74) is 4.91. The number of ether oxygens (including phenoxy) is 1. The van der Waals surface area contributed by atoms with E-state index < -0.39 is 15.9 Å². The Balaban J connectivity index is 3.09. The van der Waals surface area contributed by atoms with E-state index in [-0.39, 0.29) is 28.3 Å². The Bertz CT molecular complexity index is 654. The number of rotatable bonds is 7. The highest BCUT2D eigenvalue weighted by molar-refractivity contribution is 7.89. The molecule has 0 aliphatic heterocycles. The van der Waals surface area contributed by atoms with Gasteiger partial charge in [0, 0.05) is 12.1 Å². The van der Waals surface area contributed by atoms with Crippen LogP contribution in [0.15, 0.2) is 23.1 Å². The molecule has 0 fully saturated rings. The molecule has 22 heavy (non-hydrogen) atoms. The summed E-state index contributed by atoms with van der Waals surface area (Å²) in [6.07, 6.45) is 0. The molecule has 0 aromatic heterocycles. The Morgan fingerprint density at radius 1 is 1.36 bits per heavy atom. The second kappa shape index (κ2) is 6.64. The molecule has 0 bridgehead atoms. The van der Waals surface area contributed by atoms with Crippen LogP contribution >= 0.6 is 0 Å². The summed E-state index contributed by atoms with van der Waals surface area (Å²) < 4.78 is 32.2. The molecule has 1 rings (SSSR count). The smallest absolute Gasteiger partial charge is 0.252 e. The van der Waals surface area contributed by atoms with Gasteiger partial charge in [-0.3, -0.25) is 4.79 Å². The molecule has 1 aromatic rings. The number of benzene rings is 1. The summed E-state index contributed by atoms with van der Waals surface area (Å²) in [6, 6.07) is 3.99. The zero-order valence-electron chi connectivity index (χ0n) is 13.5. The Morgan fingerprint density at radius 2 is 1.95 bits per heavy atom. The van der Waals surface area contributed by atoms with Crippen molar-refractivity contribution in [2.75, 3.05) is 27.7 Å². The van der Waals surface area contributed by atoms with Crippen molar-refractivity contribution in [1.29, 1.82) is 0 Å². The van der Waals surface area contributed by atoms with Crippen LogP contribution in [0.25, 0.3) is 0 Å². The van der Waals surface area contributed by atoms with Crippen LogP contribution in [0.5, 0.6) is 5.75 Å². The van der Waals surface area contributed by atoms with Crippen LogP contribution in [0.3, 0.4) is 0 Å². The molecule has 1 aromatic carbocycles. The van der Waals surface area contributed by atoms with Crippen molar-refractivity contribution in [3.05, 3.63) is 23.8 Å². The quantitative estimate of drug-likeness (QED) is 0.754. The summed E-state index contributed by atoms with van der Waals surface area (Å²) in [4.78, 5) is 13.3. The van der Waals surface area contributed by atoms with Gasteiger partial charge < -0.3 is 15.4 Å². The number of carbonyl (C=O) groups is 1. The molecule has 8 heteroatoms. The normalized spacial score (nSPS) is 12.5. The molecule has 0 saturated carbocycles. The van der Waals surface area contributed by atoms with Crippen molar-refractivity contribution in [2.45, 2.75) is 24.3 Å². The van der Waals surface area contributed by atoms with E-state index in [4.69, 9.17) is 10.5 Å². The fraction of sp³-hybridized carbons (Fsp3) is 0.500. The summed E-state index contributed by atoms with van der Waals surface area (Å²) in [5, 5.41) is 0. The fourth-order valence-corrected chi connectivity index (χ4v) is 2.79. The molecule has 1 amide bonds. The minimum absolute atomic E-state index is 0.0252. The van der Waals surface area contributed by atoms with Crippen LogP contribution in [-0.4, -0.2) is 52.5 Å². The third-order valence-corrected chi connectivity index (χ3v) is 5.05. The van der Waals surface area contributed by atoms with Gasteiger partial charge in [0.25, 0.3) is 5.91 Å². The number of primary amides is 1. The molecule has 0 aliphatic carbocycles. The van der Waals surface area contributed by atoms with E-state index in [2.05, 4.69) is 4.72 Å². The molecular formula is C14H23N3O4S. The predicted molar refractivity (Wildman–Crippen MR) is 84.5 cm³/mol. The highest BCUT2D eigenvalue weighted by atomic mass is 32.2. The largest absolute Gasteiger partial charge is 0.496 e. The van der Waals surface area contributed by atoms with Crippen molar-refractivity contribution >= 4 is 15.9 Å². The predicted octanol–water partition coefficient (Wildman–Crippen LogP) is 0.413. The van der Waals surface area contributed by atoms with Gasteiger partial charge in [-0.2, -0.15) is 0 Å². The maximum absolute atomic E-state index is 12.4. The van der Waals surface area contributed by atoms with Crippen LogP contribution in [0.4, 0.5) is 0 Å².